The molecule has 8 heteroatoms. The quantitative estimate of drug-likeness (QED) is 0.254. The molecule has 8 nitrogen and oxygen atoms in total. The van der Waals surface area contributed by atoms with Gasteiger partial charge in [0.25, 0.3) is 0 Å². The van der Waals surface area contributed by atoms with Gasteiger partial charge in [-0.05, 0) is 43.1 Å². The molecule has 4 aliphatic rings. The van der Waals surface area contributed by atoms with Gasteiger partial charge in [0.2, 0.25) is 0 Å². The van der Waals surface area contributed by atoms with Gasteiger partial charge in [-0.1, -0.05) is 53.2 Å². The molecule has 1 aromatic rings. The number of hydrogen-bond acceptors (Lipinski definition) is 8. The number of hydrogen-bond donors (Lipinski definition) is 0. The van der Waals surface area contributed by atoms with Crippen molar-refractivity contribution in [3.05, 3.63) is 35.8 Å². The Labute approximate surface area is 236 Å². The largest absolute Gasteiger partial charge is 0.472 e. The Bertz CT molecular complexity index is 1230. The maximum atomic E-state index is 14.4. The van der Waals surface area contributed by atoms with Crippen LogP contribution in [0.4, 0.5) is 0 Å². The minimum atomic E-state index is -0.889. The van der Waals surface area contributed by atoms with E-state index in [9.17, 15) is 19.2 Å². The molecule has 5 rings (SSSR count). The fourth-order valence-corrected chi connectivity index (χ4v) is 8.56. The van der Waals surface area contributed by atoms with Crippen molar-refractivity contribution in [1.82, 2.24) is 0 Å². The van der Waals surface area contributed by atoms with Crippen LogP contribution in [0.2, 0.25) is 0 Å². The van der Waals surface area contributed by atoms with Gasteiger partial charge in [-0.3, -0.25) is 19.2 Å². The molecule has 2 saturated carbocycles. The number of carbonyl (C=O) groups excluding carboxylic acids is 4. The third-order valence-corrected chi connectivity index (χ3v) is 11.1. The minimum absolute atomic E-state index is 0.00445. The van der Waals surface area contributed by atoms with Crippen LogP contribution in [0.15, 0.2) is 34.7 Å². The van der Waals surface area contributed by atoms with E-state index in [1.54, 1.807) is 12.5 Å². The van der Waals surface area contributed by atoms with Gasteiger partial charge in [-0.2, -0.15) is 0 Å². The lowest BCUT2D eigenvalue weighted by molar-refractivity contribution is -0.198. The molecule has 0 N–H and O–H groups in total. The first-order chi connectivity index (χ1) is 18.8. The summed E-state index contributed by atoms with van der Waals surface area (Å²) >= 11 is 0. The van der Waals surface area contributed by atoms with E-state index in [1.807, 2.05) is 46.8 Å². The fraction of sp³-hybridized carbons (Fsp3) is 0.688. The Balaban J connectivity index is 1.65. The normalized spacial score (nSPS) is 38.7. The lowest BCUT2D eigenvalue weighted by atomic mass is 9.40. The lowest BCUT2D eigenvalue weighted by Crippen LogP contribution is -2.66. The van der Waals surface area contributed by atoms with Gasteiger partial charge < -0.3 is 18.6 Å². The van der Waals surface area contributed by atoms with Gasteiger partial charge in [0, 0.05) is 28.2 Å². The highest BCUT2D eigenvalue weighted by atomic mass is 16.6. The lowest BCUT2D eigenvalue weighted by Gasteiger charge is -2.63. The van der Waals surface area contributed by atoms with Crippen LogP contribution in [0, 0.1) is 45.8 Å². The van der Waals surface area contributed by atoms with Crippen molar-refractivity contribution in [2.24, 2.45) is 45.8 Å². The molecule has 9 atom stereocenters. The topological polar surface area (TPSA) is 109 Å². The van der Waals surface area contributed by atoms with Crippen molar-refractivity contribution < 1.29 is 37.8 Å². The molecule has 0 aromatic carbocycles. The molecule has 1 aliphatic heterocycles. The second-order valence-corrected chi connectivity index (χ2v) is 13.4. The van der Waals surface area contributed by atoms with Crippen LogP contribution in [0.25, 0.3) is 0 Å². The second-order valence-electron chi connectivity index (χ2n) is 13.4. The molecule has 0 amide bonds. The summed E-state index contributed by atoms with van der Waals surface area (Å²) in [6, 6.07) is 1.84. The third kappa shape index (κ3) is 4.07. The molecule has 0 radical (unpaired) electrons. The number of furan rings is 1. The molecular weight excluding hydrogens is 512 g/mol. The Hall–Kier alpha value is -2.90. The van der Waals surface area contributed by atoms with Gasteiger partial charge in [-0.25, -0.2) is 0 Å². The number of ketones is 1. The molecule has 3 aliphatic carbocycles. The Morgan fingerprint density at radius 2 is 1.88 bits per heavy atom. The van der Waals surface area contributed by atoms with Crippen molar-refractivity contribution in [3.63, 3.8) is 0 Å². The average molecular weight is 555 g/mol. The molecule has 1 aromatic heterocycles. The standard InChI is InChI=1S/C32H42O8/c1-8-17(2)29(36)40-28-20-13-19-21(32(6,26(20)35)23(30(28,3)4)15-24(33)37-7)9-11-31(5)22(19)14-25(34)39-27(31)18-10-12-38-16-18/h10,12-13,16-17,20-23,27-28H,8-9,11,14-15H2,1-7H3/t17?,20?,21?,22?,23?,27?,28-,31?,32?/m1/s1. The average Bonchev–Trinajstić information content (AvgIpc) is 3.45. The zero-order chi connectivity index (χ0) is 29.2. The first kappa shape index (κ1) is 28.6. The van der Waals surface area contributed by atoms with E-state index in [-0.39, 0.29) is 48.3 Å². The number of ether oxygens (including phenoxy) is 3. The Kier molecular flexibility index (Phi) is 7.07. The SMILES string of the molecule is CCC(C)C(=O)O[C@@H]1C2C=C3C4CC(=O)OC(c5ccoc5)C4(C)CCC3C(C)(C2=O)C(CC(=O)OC)C1(C)C. The summed E-state index contributed by atoms with van der Waals surface area (Å²) in [5, 5.41) is 0. The number of methoxy groups -OCH3 is 1. The number of fused-ring (bicyclic) bond motifs is 6. The van der Waals surface area contributed by atoms with Crippen LogP contribution >= 0.6 is 0 Å². The maximum Gasteiger partial charge on any atom is 0.308 e. The predicted octanol–water partition coefficient (Wildman–Crippen LogP) is 5.61. The van der Waals surface area contributed by atoms with Gasteiger partial charge in [0.05, 0.1) is 37.9 Å². The number of allylic oxidation sites excluding steroid dienone is 1. The summed E-state index contributed by atoms with van der Waals surface area (Å²) in [5.41, 5.74) is -0.0944. The number of esters is 3. The number of cyclic esters (lactones) is 1. The van der Waals surface area contributed by atoms with Gasteiger partial charge in [0.15, 0.2) is 0 Å². The highest BCUT2D eigenvalue weighted by Crippen LogP contribution is 2.68. The van der Waals surface area contributed by atoms with Crippen LogP contribution in [0.5, 0.6) is 0 Å². The van der Waals surface area contributed by atoms with E-state index in [0.29, 0.717) is 12.8 Å². The van der Waals surface area contributed by atoms with Crippen molar-refractivity contribution in [3.8, 4) is 0 Å². The van der Waals surface area contributed by atoms with E-state index in [0.717, 1.165) is 17.6 Å². The van der Waals surface area contributed by atoms with Crippen LogP contribution < -0.4 is 0 Å². The highest BCUT2D eigenvalue weighted by Gasteiger charge is 2.69. The summed E-state index contributed by atoms with van der Waals surface area (Å²) < 4.78 is 22.6. The van der Waals surface area contributed by atoms with Crippen LogP contribution in [-0.4, -0.2) is 36.9 Å². The monoisotopic (exact) mass is 554 g/mol. The molecule has 1 saturated heterocycles. The third-order valence-electron chi connectivity index (χ3n) is 11.1. The minimum Gasteiger partial charge on any atom is -0.472 e. The van der Waals surface area contributed by atoms with E-state index in [1.165, 1.54) is 7.11 Å². The summed E-state index contributed by atoms with van der Waals surface area (Å²) in [4.78, 5) is 53.4. The van der Waals surface area contributed by atoms with Crippen LogP contribution in [-0.2, 0) is 33.4 Å². The smallest absolute Gasteiger partial charge is 0.308 e. The zero-order valence-electron chi connectivity index (χ0n) is 24.7. The molecule has 8 unspecified atom stereocenters. The van der Waals surface area contributed by atoms with Crippen LogP contribution in [0.1, 0.15) is 85.3 Å². The predicted molar refractivity (Wildman–Crippen MR) is 144 cm³/mol. The molecule has 0 spiro atoms. The van der Waals surface area contributed by atoms with Crippen molar-refractivity contribution in [2.75, 3.05) is 7.11 Å². The molecular formula is C32H42O8. The second kappa shape index (κ2) is 9.88. The van der Waals surface area contributed by atoms with Crippen molar-refractivity contribution in [1.29, 1.82) is 0 Å². The summed E-state index contributed by atoms with van der Waals surface area (Å²) in [6.07, 6.45) is 6.36. The summed E-state index contributed by atoms with van der Waals surface area (Å²) in [5.74, 6) is -2.73. The number of rotatable bonds is 6. The van der Waals surface area contributed by atoms with Gasteiger partial charge in [-0.15, -0.1) is 0 Å². The molecule has 2 bridgehead atoms. The van der Waals surface area contributed by atoms with Gasteiger partial charge >= 0.3 is 17.9 Å². The first-order valence-corrected chi connectivity index (χ1v) is 14.5. The molecule has 40 heavy (non-hydrogen) atoms. The van der Waals surface area contributed by atoms with Crippen LogP contribution in [0.3, 0.4) is 0 Å². The Morgan fingerprint density at radius 1 is 1.15 bits per heavy atom. The van der Waals surface area contributed by atoms with E-state index >= 15 is 0 Å². The number of carbonyl (C=O) groups is 4. The Morgan fingerprint density at radius 3 is 2.50 bits per heavy atom. The summed E-state index contributed by atoms with van der Waals surface area (Å²) in [6.45, 7) is 11.9. The fourth-order valence-electron chi connectivity index (χ4n) is 8.56. The molecule has 218 valence electrons. The highest BCUT2D eigenvalue weighted by molar-refractivity contribution is 5.93. The van der Waals surface area contributed by atoms with E-state index in [4.69, 9.17) is 18.6 Å². The maximum absolute atomic E-state index is 14.4. The molecule has 3 fully saturated rings. The zero-order valence-corrected chi connectivity index (χ0v) is 24.7. The summed E-state index contributed by atoms with van der Waals surface area (Å²) in [7, 11) is 1.35. The van der Waals surface area contributed by atoms with E-state index < -0.39 is 46.3 Å². The van der Waals surface area contributed by atoms with E-state index in [2.05, 4.69) is 6.92 Å². The number of Topliss-reactive ketones (excluding diaryl/α,β-unsaturated/α-hetero) is 1. The molecule has 2 heterocycles. The van der Waals surface area contributed by atoms with Crippen molar-refractivity contribution >= 4 is 23.7 Å². The van der Waals surface area contributed by atoms with Crippen molar-refractivity contribution in [2.45, 2.75) is 85.9 Å². The first-order valence-electron chi connectivity index (χ1n) is 14.5. The van der Waals surface area contributed by atoms with Gasteiger partial charge in [0.1, 0.15) is 18.0 Å².